The number of hydrogen-bond donors (Lipinski definition) is 1. The summed E-state index contributed by atoms with van der Waals surface area (Å²) in [6.45, 7) is 5.16. The van der Waals surface area contributed by atoms with Gasteiger partial charge in [0.2, 0.25) is 5.91 Å². The zero-order valence-corrected chi connectivity index (χ0v) is 25.4. The van der Waals surface area contributed by atoms with Gasteiger partial charge in [-0.15, -0.1) is 0 Å². The van der Waals surface area contributed by atoms with Crippen molar-refractivity contribution in [2.45, 2.75) is 19.4 Å². The van der Waals surface area contributed by atoms with Gasteiger partial charge >= 0.3 is 0 Å². The van der Waals surface area contributed by atoms with Crippen molar-refractivity contribution in [2.75, 3.05) is 57.1 Å². The second-order valence-corrected chi connectivity index (χ2v) is 11.5. The summed E-state index contributed by atoms with van der Waals surface area (Å²) in [6, 6.07) is 11.4. The van der Waals surface area contributed by atoms with E-state index in [0.717, 1.165) is 35.8 Å². The van der Waals surface area contributed by atoms with Crippen LogP contribution >= 0.6 is 0 Å². The van der Waals surface area contributed by atoms with Gasteiger partial charge in [0.25, 0.3) is 0 Å². The number of anilines is 3. The molecule has 45 heavy (non-hydrogen) atoms. The number of aryl methyl sites for hydroxylation is 1. The van der Waals surface area contributed by atoms with Crippen molar-refractivity contribution < 1.29 is 14.3 Å². The molecule has 230 valence electrons. The van der Waals surface area contributed by atoms with Crippen molar-refractivity contribution in [2.24, 2.45) is 0 Å². The molecule has 13 heteroatoms. The average molecular weight is 607 g/mol. The minimum Gasteiger partial charge on any atom is -0.487 e. The first-order chi connectivity index (χ1) is 21.9. The Balaban J connectivity index is 1.12. The lowest BCUT2D eigenvalue weighted by molar-refractivity contribution is -0.128. The lowest BCUT2D eigenvalue weighted by Gasteiger charge is -2.28. The van der Waals surface area contributed by atoms with Crippen molar-refractivity contribution in [3.8, 4) is 17.2 Å². The number of hydrogen-bond acceptors (Lipinski definition) is 11. The highest BCUT2D eigenvalue weighted by atomic mass is 16.5. The summed E-state index contributed by atoms with van der Waals surface area (Å²) in [6.07, 6.45) is 9.25. The molecule has 5 aromatic rings. The molecule has 1 atom stereocenters. The van der Waals surface area contributed by atoms with Gasteiger partial charge in [0.15, 0.2) is 23.0 Å². The molecule has 1 fully saturated rings. The monoisotopic (exact) mass is 606 g/mol. The second-order valence-electron chi connectivity index (χ2n) is 11.5. The second kappa shape index (κ2) is 12.0. The van der Waals surface area contributed by atoms with E-state index in [4.69, 9.17) is 14.5 Å². The Morgan fingerprint density at radius 1 is 1.13 bits per heavy atom. The Hall–Kier alpha value is -5.30. The maximum absolute atomic E-state index is 13.1. The van der Waals surface area contributed by atoms with Crippen LogP contribution in [-0.2, 0) is 4.79 Å². The molecule has 1 N–H and O–H groups in total. The summed E-state index contributed by atoms with van der Waals surface area (Å²) < 4.78 is 14.1. The molecule has 6 heterocycles. The number of amides is 1. The molecular formula is C32H34N10O3. The molecule has 1 saturated heterocycles. The van der Waals surface area contributed by atoms with Crippen LogP contribution in [0.2, 0.25) is 0 Å². The van der Waals surface area contributed by atoms with Crippen molar-refractivity contribution in [3.63, 3.8) is 0 Å². The number of nitrogens with zero attached hydrogens (tertiary/aromatic N) is 9. The van der Waals surface area contributed by atoms with E-state index < -0.39 is 0 Å². The number of fused-ring (bicyclic) bond motifs is 6. The Morgan fingerprint density at radius 2 is 2.04 bits per heavy atom. The number of likely N-dealkylation sites (N-methyl/N-ethyl adjacent to an activating group) is 1. The van der Waals surface area contributed by atoms with Gasteiger partial charge in [-0.3, -0.25) is 4.79 Å². The minimum absolute atomic E-state index is 0.0110. The maximum atomic E-state index is 13.1. The van der Waals surface area contributed by atoms with Gasteiger partial charge < -0.3 is 29.5 Å². The third-order valence-electron chi connectivity index (χ3n) is 7.92. The zero-order chi connectivity index (χ0) is 30.9. The summed E-state index contributed by atoms with van der Waals surface area (Å²) in [5.41, 5.74) is 3.81. The first kappa shape index (κ1) is 28.5. The van der Waals surface area contributed by atoms with Crippen molar-refractivity contribution in [3.05, 3.63) is 73.0 Å². The fourth-order valence-corrected chi connectivity index (χ4v) is 5.68. The third-order valence-corrected chi connectivity index (χ3v) is 7.92. The fourth-order valence-electron chi connectivity index (χ4n) is 5.68. The summed E-state index contributed by atoms with van der Waals surface area (Å²) in [7, 11) is 3.96. The highest BCUT2D eigenvalue weighted by Gasteiger charge is 2.33. The highest BCUT2D eigenvalue weighted by Crippen LogP contribution is 2.36. The molecule has 0 spiro atoms. The third kappa shape index (κ3) is 5.94. The number of aromatic nitrogens is 6. The molecule has 1 amide bonds. The quantitative estimate of drug-likeness (QED) is 0.272. The van der Waals surface area contributed by atoms with Crippen LogP contribution < -0.4 is 19.7 Å². The van der Waals surface area contributed by atoms with Crippen molar-refractivity contribution in [1.82, 2.24) is 39.3 Å². The summed E-state index contributed by atoms with van der Waals surface area (Å²) in [4.78, 5) is 37.5. The van der Waals surface area contributed by atoms with Crippen molar-refractivity contribution >= 4 is 39.9 Å². The van der Waals surface area contributed by atoms with E-state index in [2.05, 4.69) is 30.3 Å². The van der Waals surface area contributed by atoms with Crippen LogP contribution in [0.5, 0.6) is 17.2 Å². The van der Waals surface area contributed by atoms with Crippen LogP contribution in [0.25, 0.3) is 16.7 Å². The predicted molar refractivity (Wildman–Crippen MR) is 170 cm³/mol. The summed E-state index contributed by atoms with van der Waals surface area (Å²) in [5, 5.41) is 7.55. The van der Waals surface area contributed by atoms with Gasteiger partial charge in [-0.2, -0.15) is 5.10 Å². The van der Waals surface area contributed by atoms with Gasteiger partial charge in [0, 0.05) is 56.3 Å². The molecule has 0 radical (unpaired) electrons. The molecule has 2 bridgehead atoms. The zero-order valence-electron chi connectivity index (χ0n) is 25.4. The van der Waals surface area contributed by atoms with E-state index in [-0.39, 0.29) is 11.9 Å². The molecule has 13 nitrogen and oxygen atoms in total. The van der Waals surface area contributed by atoms with E-state index in [1.807, 2.05) is 79.5 Å². The number of rotatable bonds is 7. The van der Waals surface area contributed by atoms with E-state index >= 15 is 0 Å². The van der Waals surface area contributed by atoms with Crippen LogP contribution in [0.3, 0.4) is 0 Å². The standard InChI is InChI=1S/C32H34N10O3/c1-21-14-22(7-8-26(21)45-24-9-13-42-28(15-24)34-20-36-42)37-31-30-25(33-19-35-31)16-27-32(38-30)40-11-5-12-41(23(17-40)18-44-27)29(43)6-4-10-39(2)3/h4,6-9,13-16,19-20,23H,5,10-12,17-18H2,1-3H3,(H,33,35,37)/b6-4+. The lowest BCUT2D eigenvalue weighted by Crippen LogP contribution is -2.46. The molecule has 1 unspecified atom stereocenters. The number of carbonyl (C=O) groups is 1. The number of pyridine rings is 2. The van der Waals surface area contributed by atoms with Crippen LogP contribution in [0.15, 0.2) is 67.4 Å². The highest BCUT2D eigenvalue weighted by molar-refractivity contribution is 5.90. The number of benzene rings is 1. The van der Waals surface area contributed by atoms with Crippen LogP contribution in [0.4, 0.5) is 17.3 Å². The molecule has 7 rings (SSSR count). The first-order valence-corrected chi connectivity index (χ1v) is 14.9. The number of ether oxygens (including phenoxy) is 2. The molecular weight excluding hydrogens is 572 g/mol. The van der Waals surface area contributed by atoms with Crippen LogP contribution in [0.1, 0.15) is 12.0 Å². The van der Waals surface area contributed by atoms with E-state index in [1.165, 1.54) is 12.7 Å². The van der Waals surface area contributed by atoms with E-state index in [1.54, 1.807) is 10.6 Å². The molecule has 0 aliphatic carbocycles. The summed E-state index contributed by atoms with van der Waals surface area (Å²) >= 11 is 0. The largest absolute Gasteiger partial charge is 0.487 e. The SMILES string of the molecule is Cc1cc(Nc2ncnc3cc4c(nc23)N2CCCN(C(=O)/C=C/CN(C)C)C(CO4)C2)ccc1Oc1ccn2ncnc2c1. The van der Waals surface area contributed by atoms with Gasteiger partial charge in [-0.05, 0) is 57.3 Å². The van der Waals surface area contributed by atoms with Gasteiger partial charge in [0.1, 0.15) is 36.3 Å². The number of nitrogens with one attached hydrogen (secondary N) is 1. The van der Waals surface area contributed by atoms with Gasteiger partial charge in [-0.1, -0.05) is 6.08 Å². The molecule has 1 aromatic carbocycles. The predicted octanol–water partition coefficient (Wildman–Crippen LogP) is 3.83. The fraction of sp³-hybridized carbons (Fsp3) is 0.312. The average Bonchev–Trinajstić information content (AvgIpc) is 3.29. The molecule has 2 aliphatic heterocycles. The minimum atomic E-state index is -0.0907. The first-order valence-electron chi connectivity index (χ1n) is 14.9. The van der Waals surface area contributed by atoms with Crippen LogP contribution in [-0.4, -0.2) is 98.2 Å². The Labute approximate surface area is 260 Å². The van der Waals surface area contributed by atoms with Crippen molar-refractivity contribution in [1.29, 1.82) is 0 Å². The topological polar surface area (TPSA) is 126 Å². The van der Waals surface area contributed by atoms with Gasteiger partial charge in [-0.25, -0.2) is 24.5 Å². The Bertz CT molecular complexity index is 1910. The molecule has 0 saturated carbocycles. The summed E-state index contributed by atoms with van der Waals surface area (Å²) in [5.74, 6) is 3.41. The van der Waals surface area contributed by atoms with Crippen LogP contribution in [0, 0.1) is 6.92 Å². The maximum Gasteiger partial charge on any atom is 0.246 e. The smallest absolute Gasteiger partial charge is 0.246 e. The normalized spacial score (nSPS) is 16.5. The van der Waals surface area contributed by atoms with Gasteiger partial charge in [0.05, 0.1) is 11.6 Å². The Kier molecular flexibility index (Phi) is 7.59. The van der Waals surface area contributed by atoms with E-state index in [9.17, 15) is 4.79 Å². The molecule has 2 aliphatic rings. The number of carbonyl (C=O) groups excluding carboxylic acids is 1. The van der Waals surface area contributed by atoms with E-state index in [0.29, 0.717) is 60.2 Å². The Morgan fingerprint density at radius 3 is 2.91 bits per heavy atom. The lowest BCUT2D eigenvalue weighted by atomic mass is 10.2. The molecule has 4 aromatic heterocycles.